The molecule has 0 amide bonds. The highest BCUT2D eigenvalue weighted by Crippen LogP contribution is 2.16. The van der Waals surface area contributed by atoms with Gasteiger partial charge in [0, 0.05) is 38.4 Å². The van der Waals surface area contributed by atoms with Gasteiger partial charge in [-0.2, -0.15) is 0 Å². The van der Waals surface area contributed by atoms with E-state index in [0.717, 1.165) is 31.9 Å². The summed E-state index contributed by atoms with van der Waals surface area (Å²) in [5, 5.41) is 0. The van der Waals surface area contributed by atoms with E-state index in [1.54, 1.807) is 0 Å². The summed E-state index contributed by atoms with van der Waals surface area (Å²) in [6.07, 6.45) is 0. The maximum atomic E-state index is 12.8. The second-order valence-electron chi connectivity index (χ2n) is 4.28. The second-order valence-corrected chi connectivity index (χ2v) is 4.28. The first-order chi connectivity index (χ1) is 8.70. The van der Waals surface area contributed by atoms with Gasteiger partial charge in [0.05, 0.1) is 0 Å². The minimum atomic E-state index is -0.197. The Hall–Kier alpha value is -1.78. The molecule has 4 nitrogen and oxygen atoms in total. The minimum absolute atomic E-state index is 0.197. The highest BCUT2D eigenvalue weighted by atomic mass is 19.1. The monoisotopic (exact) mass is 250 g/mol. The Labute approximate surface area is 107 Å². The molecule has 1 saturated heterocycles. The first kappa shape index (κ1) is 12.7. The molecular formula is C13H19FN4. The number of hydrogen-bond acceptors (Lipinski definition) is 2. The van der Waals surface area contributed by atoms with Gasteiger partial charge < -0.3 is 15.5 Å². The Morgan fingerprint density at radius 1 is 1.22 bits per heavy atom. The van der Waals surface area contributed by atoms with E-state index in [9.17, 15) is 4.39 Å². The molecule has 98 valence electrons. The van der Waals surface area contributed by atoms with Crippen molar-refractivity contribution in [2.45, 2.75) is 6.92 Å². The number of nitrogens with two attached hydrogens (primary N) is 1. The molecule has 0 aromatic heterocycles. The average Bonchev–Trinajstić information content (AvgIpc) is 2.40. The molecule has 5 heteroatoms. The Morgan fingerprint density at radius 3 is 2.39 bits per heavy atom. The molecule has 2 rings (SSSR count). The lowest BCUT2D eigenvalue weighted by molar-refractivity contribution is 0.381. The van der Waals surface area contributed by atoms with Crippen LogP contribution >= 0.6 is 0 Å². The van der Waals surface area contributed by atoms with Crippen molar-refractivity contribution in [1.29, 1.82) is 0 Å². The molecular weight excluding hydrogens is 231 g/mol. The van der Waals surface area contributed by atoms with Gasteiger partial charge in [0.2, 0.25) is 0 Å². The second kappa shape index (κ2) is 5.71. The number of halogens is 1. The van der Waals surface area contributed by atoms with Crippen LogP contribution in [0.4, 0.5) is 10.1 Å². The van der Waals surface area contributed by atoms with Crippen molar-refractivity contribution in [3.8, 4) is 0 Å². The van der Waals surface area contributed by atoms with E-state index in [2.05, 4.69) is 14.8 Å². The number of guanidine groups is 1. The lowest BCUT2D eigenvalue weighted by Gasteiger charge is -2.36. The first-order valence-corrected chi connectivity index (χ1v) is 6.26. The summed E-state index contributed by atoms with van der Waals surface area (Å²) in [6, 6.07) is 6.62. The molecule has 1 aliphatic heterocycles. The third-order valence-corrected chi connectivity index (χ3v) is 3.12. The van der Waals surface area contributed by atoms with Gasteiger partial charge in [0.1, 0.15) is 5.82 Å². The van der Waals surface area contributed by atoms with Crippen molar-refractivity contribution in [2.24, 2.45) is 10.7 Å². The van der Waals surface area contributed by atoms with Crippen molar-refractivity contribution >= 4 is 11.6 Å². The maximum absolute atomic E-state index is 12.8. The Morgan fingerprint density at radius 2 is 1.83 bits per heavy atom. The van der Waals surface area contributed by atoms with Crippen molar-refractivity contribution in [2.75, 3.05) is 37.6 Å². The van der Waals surface area contributed by atoms with Crippen molar-refractivity contribution in [3.05, 3.63) is 30.1 Å². The van der Waals surface area contributed by atoms with Gasteiger partial charge in [-0.3, -0.25) is 4.99 Å². The van der Waals surface area contributed by atoms with Crippen LogP contribution in [0.3, 0.4) is 0 Å². The van der Waals surface area contributed by atoms with Crippen LogP contribution < -0.4 is 10.6 Å². The van der Waals surface area contributed by atoms with Gasteiger partial charge in [-0.15, -0.1) is 0 Å². The number of hydrogen-bond donors (Lipinski definition) is 1. The fraction of sp³-hybridized carbons (Fsp3) is 0.462. The van der Waals surface area contributed by atoms with Gasteiger partial charge in [0.25, 0.3) is 0 Å². The maximum Gasteiger partial charge on any atom is 0.191 e. The number of benzene rings is 1. The zero-order valence-corrected chi connectivity index (χ0v) is 10.6. The first-order valence-electron chi connectivity index (χ1n) is 6.26. The molecule has 1 aromatic rings. The van der Waals surface area contributed by atoms with Gasteiger partial charge in [-0.1, -0.05) is 0 Å². The van der Waals surface area contributed by atoms with Crippen LogP contribution in [-0.2, 0) is 0 Å². The van der Waals surface area contributed by atoms with Crippen molar-refractivity contribution in [1.82, 2.24) is 4.90 Å². The summed E-state index contributed by atoms with van der Waals surface area (Å²) in [5.74, 6) is 0.424. The standard InChI is InChI=1S/C13H19FN4/c1-2-16-13(15)18-9-7-17(8-10-18)12-5-3-11(14)4-6-12/h3-6H,2,7-10H2,1H3,(H2,15,16). The zero-order chi connectivity index (χ0) is 13.0. The Balaban J connectivity index is 1.94. The Bertz CT molecular complexity index is 408. The predicted octanol–water partition coefficient (Wildman–Crippen LogP) is 1.28. The number of rotatable bonds is 2. The van der Waals surface area contributed by atoms with E-state index in [1.165, 1.54) is 12.1 Å². The topological polar surface area (TPSA) is 44.9 Å². The van der Waals surface area contributed by atoms with Crippen LogP contribution in [0.15, 0.2) is 29.3 Å². The molecule has 0 bridgehead atoms. The highest BCUT2D eigenvalue weighted by molar-refractivity contribution is 5.78. The summed E-state index contributed by atoms with van der Waals surface area (Å²) in [4.78, 5) is 8.53. The third kappa shape index (κ3) is 2.91. The van der Waals surface area contributed by atoms with Crippen molar-refractivity contribution < 1.29 is 4.39 Å². The van der Waals surface area contributed by atoms with Crippen LogP contribution in [0.5, 0.6) is 0 Å². The van der Waals surface area contributed by atoms with Crippen molar-refractivity contribution in [3.63, 3.8) is 0 Å². The lowest BCUT2D eigenvalue weighted by atomic mass is 10.2. The largest absolute Gasteiger partial charge is 0.370 e. The molecule has 0 spiro atoms. The number of nitrogens with zero attached hydrogens (tertiary/aromatic N) is 3. The lowest BCUT2D eigenvalue weighted by Crippen LogP contribution is -2.51. The minimum Gasteiger partial charge on any atom is -0.370 e. The van der Waals surface area contributed by atoms with Crippen LogP contribution in [0.2, 0.25) is 0 Å². The van der Waals surface area contributed by atoms with E-state index in [0.29, 0.717) is 12.5 Å². The SMILES string of the molecule is CCN=C(N)N1CCN(c2ccc(F)cc2)CC1. The molecule has 18 heavy (non-hydrogen) atoms. The number of aliphatic imine (C=N–C) groups is 1. The molecule has 0 unspecified atom stereocenters. The normalized spacial score (nSPS) is 17.1. The molecule has 0 saturated carbocycles. The van der Waals surface area contributed by atoms with Gasteiger partial charge in [-0.25, -0.2) is 4.39 Å². The van der Waals surface area contributed by atoms with Crippen LogP contribution in [0.1, 0.15) is 6.92 Å². The predicted molar refractivity (Wildman–Crippen MR) is 72.3 cm³/mol. The molecule has 1 aromatic carbocycles. The zero-order valence-electron chi connectivity index (χ0n) is 10.6. The van der Waals surface area contributed by atoms with Gasteiger partial charge in [0.15, 0.2) is 5.96 Å². The highest BCUT2D eigenvalue weighted by Gasteiger charge is 2.18. The fourth-order valence-electron chi connectivity index (χ4n) is 2.11. The van der Waals surface area contributed by atoms with E-state index >= 15 is 0 Å². The van der Waals surface area contributed by atoms with E-state index < -0.39 is 0 Å². The molecule has 2 N–H and O–H groups in total. The number of anilines is 1. The van der Waals surface area contributed by atoms with E-state index in [4.69, 9.17) is 5.73 Å². The molecule has 1 heterocycles. The summed E-state index contributed by atoms with van der Waals surface area (Å²) >= 11 is 0. The molecule has 0 atom stereocenters. The molecule has 0 radical (unpaired) electrons. The number of piperazine rings is 1. The quantitative estimate of drug-likeness (QED) is 0.635. The molecule has 1 fully saturated rings. The van der Waals surface area contributed by atoms with E-state index in [1.807, 2.05) is 19.1 Å². The molecule has 1 aliphatic rings. The third-order valence-electron chi connectivity index (χ3n) is 3.12. The summed E-state index contributed by atoms with van der Waals surface area (Å²) in [7, 11) is 0. The van der Waals surface area contributed by atoms with E-state index in [-0.39, 0.29) is 5.82 Å². The summed E-state index contributed by atoms with van der Waals surface area (Å²) in [5.41, 5.74) is 6.93. The van der Waals surface area contributed by atoms with Crippen LogP contribution in [0, 0.1) is 5.82 Å². The fourth-order valence-corrected chi connectivity index (χ4v) is 2.11. The summed E-state index contributed by atoms with van der Waals surface area (Å²) in [6.45, 7) is 6.15. The average molecular weight is 250 g/mol. The van der Waals surface area contributed by atoms with Crippen LogP contribution in [-0.4, -0.2) is 43.6 Å². The van der Waals surface area contributed by atoms with Gasteiger partial charge in [-0.05, 0) is 31.2 Å². The molecule has 0 aliphatic carbocycles. The summed E-state index contributed by atoms with van der Waals surface area (Å²) < 4.78 is 12.8. The Kier molecular flexibility index (Phi) is 4.02. The van der Waals surface area contributed by atoms with Crippen LogP contribution in [0.25, 0.3) is 0 Å². The smallest absolute Gasteiger partial charge is 0.191 e. The van der Waals surface area contributed by atoms with Gasteiger partial charge >= 0.3 is 0 Å².